The molecule has 0 atom stereocenters. The summed E-state index contributed by atoms with van der Waals surface area (Å²) in [5.41, 5.74) is 0.594. The molecule has 2 amide bonds. The van der Waals surface area contributed by atoms with Gasteiger partial charge in [0.05, 0.1) is 5.56 Å². The van der Waals surface area contributed by atoms with Crippen molar-refractivity contribution in [1.29, 1.82) is 0 Å². The second-order valence-electron chi connectivity index (χ2n) is 7.39. The van der Waals surface area contributed by atoms with Gasteiger partial charge in [-0.15, -0.1) is 0 Å². The molecule has 148 valence electrons. The Bertz CT molecular complexity index is 857. The predicted molar refractivity (Wildman–Crippen MR) is 99.4 cm³/mol. The minimum atomic E-state index is -4.39. The highest BCUT2D eigenvalue weighted by Crippen LogP contribution is 2.39. The molecule has 2 heterocycles. The highest BCUT2D eigenvalue weighted by Gasteiger charge is 2.40. The molecule has 4 rings (SSSR count). The Morgan fingerprint density at radius 1 is 1.00 bits per heavy atom. The fourth-order valence-corrected chi connectivity index (χ4v) is 3.87. The summed E-state index contributed by atoms with van der Waals surface area (Å²) in [5.74, 6) is 0.927. The number of hydrogen-bond donors (Lipinski definition) is 1. The van der Waals surface area contributed by atoms with Crippen LogP contribution in [0.5, 0.6) is 5.75 Å². The number of nitrogens with zero attached hydrogens (tertiary/aromatic N) is 1. The van der Waals surface area contributed by atoms with Gasteiger partial charge < -0.3 is 15.0 Å². The molecule has 0 unspecified atom stereocenters. The van der Waals surface area contributed by atoms with Crippen LogP contribution >= 0.6 is 0 Å². The molecule has 2 aliphatic rings. The van der Waals surface area contributed by atoms with E-state index in [2.05, 4.69) is 11.4 Å². The number of aryl methyl sites for hydroxylation is 1. The molecule has 1 spiro atoms. The minimum absolute atomic E-state index is 0.237. The normalized spacial score (nSPS) is 18.3. The number of halogens is 3. The van der Waals surface area contributed by atoms with Crippen molar-refractivity contribution >= 4 is 11.7 Å². The molecule has 1 fully saturated rings. The molecular formula is C21H21F3N2O2. The van der Waals surface area contributed by atoms with Gasteiger partial charge in [0.2, 0.25) is 0 Å². The summed E-state index contributed by atoms with van der Waals surface area (Å²) >= 11 is 0. The Labute approximate surface area is 161 Å². The van der Waals surface area contributed by atoms with E-state index < -0.39 is 11.7 Å². The Morgan fingerprint density at radius 3 is 2.36 bits per heavy atom. The van der Waals surface area contributed by atoms with Crippen molar-refractivity contribution in [3.05, 3.63) is 59.7 Å². The number of carbonyl (C=O) groups excluding carboxylic acids is 1. The van der Waals surface area contributed by atoms with Gasteiger partial charge in [0.15, 0.2) is 0 Å². The molecule has 2 aromatic carbocycles. The van der Waals surface area contributed by atoms with E-state index in [1.54, 1.807) is 4.90 Å². The average Bonchev–Trinajstić information content (AvgIpc) is 2.68. The number of hydrogen-bond acceptors (Lipinski definition) is 2. The van der Waals surface area contributed by atoms with E-state index in [1.165, 1.54) is 17.7 Å². The van der Waals surface area contributed by atoms with Crippen molar-refractivity contribution in [3.63, 3.8) is 0 Å². The second kappa shape index (κ2) is 7.04. The lowest BCUT2D eigenvalue weighted by molar-refractivity contribution is -0.137. The first-order chi connectivity index (χ1) is 13.3. The van der Waals surface area contributed by atoms with Crippen LogP contribution < -0.4 is 10.1 Å². The van der Waals surface area contributed by atoms with Crippen LogP contribution in [0.4, 0.5) is 23.7 Å². The molecule has 0 aromatic heterocycles. The molecule has 0 aliphatic carbocycles. The van der Waals surface area contributed by atoms with Crippen LogP contribution in [0.3, 0.4) is 0 Å². The molecule has 4 nitrogen and oxygen atoms in total. The van der Waals surface area contributed by atoms with Crippen LogP contribution in [0.15, 0.2) is 48.5 Å². The van der Waals surface area contributed by atoms with Crippen LogP contribution in [0.2, 0.25) is 0 Å². The quantitative estimate of drug-likeness (QED) is 0.736. The molecule has 2 aliphatic heterocycles. The largest absolute Gasteiger partial charge is 0.487 e. The molecular weight excluding hydrogens is 369 g/mol. The van der Waals surface area contributed by atoms with Gasteiger partial charge >= 0.3 is 12.2 Å². The fourth-order valence-electron chi connectivity index (χ4n) is 3.87. The summed E-state index contributed by atoms with van der Waals surface area (Å²) in [6, 6.07) is 12.2. The topological polar surface area (TPSA) is 41.6 Å². The minimum Gasteiger partial charge on any atom is -0.487 e. The number of rotatable bonds is 1. The average molecular weight is 390 g/mol. The van der Waals surface area contributed by atoms with E-state index >= 15 is 0 Å². The third kappa shape index (κ3) is 3.79. The number of carbonyl (C=O) groups is 1. The molecule has 2 aromatic rings. The van der Waals surface area contributed by atoms with E-state index in [0.29, 0.717) is 18.8 Å². The van der Waals surface area contributed by atoms with Crippen LogP contribution in [0.25, 0.3) is 0 Å². The van der Waals surface area contributed by atoms with Gasteiger partial charge in [-0.1, -0.05) is 18.2 Å². The van der Waals surface area contributed by atoms with Crippen LogP contribution in [0, 0.1) is 0 Å². The summed E-state index contributed by atoms with van der Waals surface area (Å²) in [6.07, 6.45) is -1.02. The highest BCUT2D eigenvalue weighted by atomic mass is 19.4. The van der Waals surface area contributed by atoms with Crippen molar-refractivity contribution in [2.45, 2.75) is 37.5 Å². The van der Waals surface area contributed by atoms with Gasteiger partial charge in [-0.25, -0.2) is 4.79 Å². The van der Waals surface area contributed by atoms with Crippen molar-refractivity contribution in [2.24, 2.45) is 0 Å². The van der Waals surface area contributed by atoms with E-state index in [-0.39, 0.29) is 11.6 Å². The Hall–Kier alpha value is -2.70. The smallest absolute Gasteiger partial charge is 0.416 e. The number of anilines is 1. The standard InChI is InChI=1S/C21H21F3N2O2/c22-21(23,24)16-5-7-17(8-6-16)25-19(27)26-13-11-20(12-14-26)10-9-15-3-1-2-4-18(15)28-20/h1-8H,9-14H2,(H,25,27). The predicted octanol–water partition coefficient (Wildman–Crippen LogP) is 5.10. The summed E-state index contributed by atoms with van der Waals surface area (Å²) < 4.78 is 44.2. The van der Waals surface area contributed by atoms with Crippen molar-refractivity contribution < 1.29 is 22.7 Å². The van der Waals surface area contributed by atoms with Crippen LogP contribution in [0.1, 0.15) is 30.4 Å². The van der Waals surface area contributed by atoms with Gasteiger partial charge in [0, 0.05) is 31.6 Å². The zero-order chi connectivity index (χ0) is 19.8. The van der Waals surface area contributed by atoms with Crippen LogP contribution in [-0.4, -0.2) is 29.6 Å². The summed E-state index contributed by atoms with van der Waals surface area (Å²) in [5, 5.41) is 2.68. The third-order valence-corrected chi connectivity index (χ3v) is 5.57. The fraction of sp³-hybridized carbons (Fsp3) is 0.381. The number of alkyl halides is 3. The van der Waals surface area contributed by atoms with Crippen molar-refractivity contribution in [3.8, 4) is 5.75 Å². The first-order valence-electron chi connectivity index (χ1n) is 9.35. The molecule has 0 saturated carbocycles. The maximum Gasteiger partial charge on any atom is 0.416 e. The van der Waals surface area contributed by atoms with Gasteiger partial charge in [0.25, 0.3) is 0 Å². The molecule has 0 radical (unpaired) electrons. The molecule has 0 bridgehead atoms. The number of urea groups is 1. The molecule has 1 saturated heterocycles. The Balaban J connectivity index is 1.34. The lowest BCUT2D eigenvalue weighted by atomic mass is 9.83. The molecule has 1 N–H and O–H groups in total. The maximum atomic E-state index is 12.6. The lowest BCUT2D eigenvalue weighted by Crippen LogP contribution is -2.52. The SMILES string of the molecule is O=C(Nc1ccc(C(F)(F)F)cc1)N1CCC2(CCc3ccccc3O2)CC1. The monoisotopic (exact) mass is 390 g/mol. The number of ether oxygens (including phenoxy) is 1. The first-order valence-corrected chi connectivity index (χ1v) is 9.35. The third-order valence-electron chi connectivity index (χ3n) is 5.57. The second-order valence-corrected chi connectivity index (χ2v) is 7.39. The van der Waals surface area contributed by atoms with Crippen LogP contribution in [-0.2, 0) is 12.6 Å². The number of piperidine rings is 1. The zero-order valence-corrected chi connectivity index (χ0v) is 15.3. The molecule has 7 heteroatoms. The van der Waals surface area contributed by atoms with E-state index in [1.807, 2.05) is 18.2 Å². The van der Waals surface area contributed by atoms with E-state index in [0.717, 1.165) is 43.6 Å². The number of benzene rings is 2. The highest BCUT2D eigenvalue weighted by molar-refractivity contribution is 5.89. The van der Waals surface area contributed by atoms with E-state index in [4.69, 9.17) is 4.74 Å². The van der Waals surface area contributed by atoms with Gasteiger partial charge in [-0.2, -0.15) is 13.2 Å². The first kappa shape index (κ1) is 18.7. The Kier molecular flexibility index (Phi) is 4.69. The van der Waals surface area contributed by atoms with E-state index in [9.17, 15) is 18.0 Å². The summed E-state index contributed by atoms with van der Waals surface area (Å²) in [7, 11) is 0. The van der Waals surface area contributed by atoms with Gasteiger partial charge in [-0.3, -0.25) is 0 Å². The number of nitrogens with one attached hydrogen (secondary N) is 1. The van der Waals surface area contributed by atoms with Crippen molar-refractivity contribution in [1.82, 2.24) is 4.90 Å². The number of fused-ring (bicyclic) bond motifs is 1. The zero-order valence-electron chi connectivity index (χ0n) is 15.3. The lowest BCUT2D eigenvalue weighted by Gasteiger charge is -2.44. The number of likely N-dealkylation sites (tertiary alicyclic amines) is 1. The summed E-state index contributed by atoms with van der Waals surface area (Å²) in [6.45, 7) is 1.10. The molecule has 28 heavy (non-hydrogen) atoms. The number of para-hydroxylation sites is 1. The maximum absolute atomic E-state index is 12.6. The van der Waals surface area contributed by atoms with Gasteiger partial charge in [0.1, 0.15) is 11.4 Å². The number of amides is 2. The Morgan fingerprint density at radius 2 is 1.68 bits per heavy atom. The van der Waals surface area contributed by atoms with Crippen molar-refractivity contribution in [2.75, 3.05) is 18.4 Å². The summed E-state index contributed by atoms with van der Waals surface area (Å²) in [4.78, 5) is 14.2. The van der Waals surface area contributed by atoms with Gasteiger partial charge in [-0.05, 0) is 48.7 Å².